The summed E-state index contributed by atoms with van der Waals surface area (Å²) in [6.45, 7) is 1.72. The van der Waals surface area contributed by atoms with E-state index in [-0.39, 0.29) is 28.8 Å². The summed E-state index contributed by atoms with van der Waals surface area (Å²) in [6, 6.07) is 9.54. The third-order valence-electron chi connectivity index (χ3n) is 4.59. The molecule has 0 saturated heterocycles. The summed E-state index contributed by atoms with van der Waals surface area (Å²) in [6.07, 6.45) is 1.17. The van der Waals surface area contributed by atoms with Crippen molar-refractivity contribution in [3.63, 3.8) is 0 Å². The number of rotatable bonds is 6. The second-order valence-corrected chi connectivity index (χ2v) is 9.02. The molecule has 0 radical (unpaired) electrons. The quantitative estimate of drug-likeness (QED) is 0.453. The first-order valence-corrected chi connectivity index (χ1v) is 11.0. The topological polar surface area (TPSA) is 145 Å². The Morgan fingerprint density at radius 1 is 1.23 bits per heavy atom. The van der Waals surface area contributed by atoms with E-state index in [9.17, 15) is 18.0 Å². The molecule has 4 rings (SSSR count). The number of H-pyrrole nitrogens is 1. The number of nitrogens with zero attached hydrogens (tertiary/aromatic N) is 5. The Labute approximate surface area is 176 Å². The molecule has 1 aromatic carbocycles. The molecule has 0 aliphatic carbocycles. The summed E-state index contributed by atoms with van der Waals surface area (Å²) >= 11 is 0. The number of amides is 1. The van der Waals surface area contributed by atoms with E-state index >= 15 is 0 Å². The van der Waals surface area contributed by atoms with Crippen molar-refractivity contribution in [1.82, 2.24) is 29.5 Å². The van der Waals surface area contributed by atoms with Gasteiger partial charge in [-0.15, -0.1) is 0 Å². The third-order valence-corrected chi connectivity index (χ3v) is 6.32. The standard InChI is InChI=1S/C19H19N7O4S/c1-12-10-15(21-16(27)8-9-31(29,30)13-6-4-3-5-7-13)26(24-12)19-22-17-14(18(28)23-19)11-20-25(17)2/h3-7,10-11H,8-9H2,1-2H3,(H,21,27)(H,22,23,28). The number of anilines is 1. The number of nitrogens with one attached hydrogen (secondary N) is 2. The molecule has 0 bridgehead atoms. The highest BCUT2D eigenvalue weighted by molar-refractivity contribution is 7.91. The maximum Gasteiger partial charge on any atom is 0.263 e. The van der Waals surface area contributed by atoms with Crippen LogP contribution in [0.1, 0.15) is 12.1 Å². The Kier molecular flexibility index (Phi) is 5.15. The number of aryl methyl sites for hydroxylation is 2. The zero-order chi connectivity index (χ0) is 22.2. The van der Waals surface area contributed by atoms with Crippen molar-refractivity contribution in [2.45, 2.75) is 18.2 Å². The number of hydrogen-bond donors (Lipinski definition) is 2. The first kappa shape index (κ1) is 20.5. The van der Waals surface area contributed by atoms with Crippen LogP contribution in [0.15, 0.2) is 52.3 Å². The summed E-state index contributed by atoms with van der Waals surface area (Å²) in [5.74, 6) is -0.498. The van der Waals surface area contributed by atoms with Crippen LogP contribution in [-0.4, -0.2) is 49.6 Å². The monoisotopic (exact) mass is 441 g/mol. The lowest BCUT2D eigenvalue weighted by atomic mass is 10.4. The summed E-state index contributed by atoms with van der Waals surface area (Å²) in [5, 5.41) is 11.3. The summed E-state index contributed by atoms with van der Waals surface area (Å²) in [4.78, 5) is 31.9. The van der Waals surface area contributed by atoms with E-state index in [1.165, 1.54) is 27.7 Å². The first-order valence-electron chi connectivity index (χ1n) is 9.31. The lowest BCUT2D eigenvalue weighted by Gasteiger charge is -2.09. The average Bonchev–Trinajstić information content (AvgIpc) is 3.30. The van der Waals surface area contributed by atoms with Crippen molar-refractivity contribution < 1.29 is 13.2 Å². The number of fused-ring (bicyclic) bond motifs is 1. The molecule has 0 saturated carbocycles. The Hall–Kier alpha value is -3.80. The highest BCUT2D eigenvalue weighted by Gasteiger charge is 2.19. The fourth-order valence-electron chi connectivity index (χ4n) is 3.05. The van der Waals surface area contributed by atoms with Crippen molar-refractivity contribution in [2.24, 2.45) is 7.05 Å². The van der Waals surface area contributed by atoms with Crippen molar-refractivity contribution in [2.75, 3.05) is 11.1 Å². The van der Waals surface area contributed by atoms with E-state index in [0.29, 0.717) is 16.7 Å². The number of aromatic nitrogens is 6. The van der Waals surface area contributed by atoms with Gasteiger partial charge in [0.2, 0.25) is 11.9 Å². The smallest absolute Gasteiger partial charge is 0.263 e. The van der Waals surface area contributed by atoms with Gasteiger partial charge in [-0.3, -0.25) is 19.3 Å². The molecular formula is C19H19N7O4S. The molecule has 0 atom stereocenters. The predicted octanol–water partition coefficient (Wildman–Crippen LogP) is 0.953. The lowest BCUT2D eigenvalue weighted by molar-refractivity contribution is -0.115. The number of hydrogen-bond acceptors (Lipinski definition) is 7. The average molecular weight is 441 g/mol. The fourth-order valence-corrected chi connectivity index (χ4v) is 4.31. The Bertz CT molecular complexity index is 1440. The van der Waals surface area contributed by atoms with Crippen LogP contribution in [-0.2, 0) is 21.7 Å². The van der Waals surface area contributed by atoms with Crippen LogP contribution in [0, 0.1) is 6.92 Å². The van der Waals surface area contributed by atoms with E-state index in [1.54, 1.807) is 38.2 Å². The molecule has 31 heavy (non-hydrogen) atoms. The minimum atomic E-state index is -3.59. The van der Waals surface area contributed by atoms with Crippen LogP contribution < -0.4 is 10.9 Å². The van der Waals surface area contributed by atoms with Gasteiger partial charge in [0.05, 0.1) is 22.5 Å². The molecule has 0 aliphatic rings. The summed E-state index contributed by atoms with van der Waals surface area (Å²) < 4.78 is 27.5. The molecule has 0 aliphatic heterocycles. The third kappa shape index (κ3) is 4.10. The minimum absolute atomic E-state index is 0.0985. The van der Waals surface area contributed by atoms with Crippen LogP contribution in [0.25, 0.3) is 17.0 Å². The van der Waals surface area contributed by atoms with E-state index in [4.69, 9.17) is 0 Å². The fraction of sp³-hybridized carbons (Fsp3) is 0.211. The van der Waals surface area contributed by atoms with Gasteiger partial charge < -0.3 is 5.32 Å². The van der Waals surface area contributed by atoms with Crippen LogP contribution in [0.2, 0.25) is 0 Å². The van der Waals surface area contributed by atoms with E-state index in [0.717, 1.165) is 0 Å². The molecule has 160 valence electrons. The normalized spacial score (nSPS) is 11.7. The molecule has 2 N–H and O–H groups in total. The largest absolute Gasteiger partial charge is 0.310 e. The maximum absolute atomic E-state index is 12.5. The minimum Gasteiger partial charge on any atom is -0.310 e. The van der Waals surface area contributed by atoms with Gasteiger partial charge in [-0.25, -0.2) is 8.42 Å². The molecule has 3 aromatic heterocycles. The van der Waals surface area contributed by atoms with Crippen molar-refractivity contribution >= 4 is 32.6 Å². The Morgan fingerprint density at radius 3 is 2.71 bits per heavy atom. The number of carbonyl (C=O) groups is 1. The molecule has 11 nitrogen and oxygen atoms in total. The molecule has 1 amide bonds. The van der Waals surface area contributed by atoms with E-state index < -0.39 is 21.3 Å². The van der Waals surface area contributed by atoms with Gasteiger partial charge in [0.1, 0.15) is 11.2 Å². The van der Waals surface area contributed by atoms with Crippen molar-refractivity contribution in [1.29, 1.82) is 0 Å². The predicted molar refractivity (Wildman–Crippen MR) is 113 cm³/mol. The molecule has 3 heterocycles. The molecule has 0 fully saturated rings. The highest BCUT2D eigenvalue weighted by Crippen LogP contribution is 2.17. The molecule has 0 unspecified atom stereocenters. The van der Waals surface area contributed by atoms with E-state index in [1.807, 2.05) is 0 Å². The second-order valence-electron chi connectivity index (χ2n) is 6.91. The zero-order valence-electron chi connectivity index (χ0n) is 16.7. The SMILES string of the molecule is Cc1cc(NC(=O)CCS(=O)(=O)c2ccccc2)n(-c2nc3c(cnn3C)c(=O)[nH]2)n1. The zero-order valence-corrected chi connectivity index (χ0v) is 17.5. The summed E-state index contributed by atoms with van der Waals surface area (Å²) in [5.41, 5.74) is 0.533. The number of aromatic amines is 1. The number of carbonyl (C=O) groups excluding carboxylic acids is 1. The number of sulfone groups is 1. The lowest BCUT2D eigenvalue weighted by Crippen LogP contribution is -2.21. The van der Waals surface area contributed by atoms with Crippen molar-refractivity contribution in [3.05, 3.63) is 58.6 Å². The van der Waals surface area contributed by atoms with E-state index in [2.05, 4.69) is 25.5 Å². The van der Waals surface area contributed by atoms with Crippen LogP contribution in [0.4, 0.5) is 5.82 Å². The van der Waals surface area contributed by atoms with Gasteiger partial charge in [-0.1, -0.05) is 18.2 Å². The van der Waals surface area contributed by atoms with Gasteiger partial charge in [0, 0.05) is 19.5 Å². The van der Waals surface area contributed by atoms with Gasteiger partial charge in [-0.05, 0) is 19.1 Å². The maximum atomic E-state index is 12.5. The Morgan fingerprint density at radius 2 is 1.97 bits per heavy atom. The molecule has 12 heteroatoms. The van der Waals surface area contributed by atoms with Gasteiger partial charge >= 0.3 is 0 Å². The highest BCUT2D eigenvalue weighted by atomic mass is 32.2. The van der Waals surface area contributed by atoms with Gasteiger partial charge in [0.25, 0.3) is 5.56 Å². The molecular weight excluding hydrogens is 422 g/mol. The summed E-state index contributed by atoms with van der Waals surface area (Å²) in [7, 11) is -1.93. The molecule has 4 aromatic rings. The molecule has 0 spiro atoms. The Balaban J connectivity index is 1.56. The first-order chi connectivity index (χ1) is 14.7. The number of benzene rings is 1. The van der Waals surface area contributed by atoms with Crippen LogP contribution >= 0.6 is 0 Å². The van der Waals surface area contributed by atoms with Gasteiger partial charge in [0.15, 0.2) is 15.5 Å². The van der Waals surface area contributed by atoms with Crippen LogP contribution in [0.3, 0.4) is 0 Å². The van der Waals surface area contributed by atoms with Crippen molar-refractivity contribution in [3.8, 4) is 5.95 Å². The second kappa shape index (κ2) is 7.80. The van der Waals surface area contributed by atoms with Crippen LogP contribution in [0.5, 0.6) is 0 Å². The van der Waals surface area contributed by atoms with Gasteiger partial charge in [-0.2, -0.15) is 19.9 Å².